The molecule has 1 aliphatic carbocycles. The van der Waals surface area contributed by atoms with Crippen LogP contribution in [-0.2, 0) is 0 Å². The smallest absolute Gasteiger partial charge is 0.0829 e. The Balaban J connectivity index is 2.54. The van der Waals surface area contributed by atoms with Crippen LogP contribution in [0.4, 0.5) is 0 Å². The van der Waals surface area contributed by atoms with Crippen molar-refractivity contribution in [2.75, 3.05) is 0 Å². The van der Waals surface area contributed by atoms with E-state index in [9.17, 15) is 5.11 Å². The van der Waals surface area contributed by atoms with E-state index in [1.165, 1.54) is 0 Å². The zero-order valence-electron chi connectivity index (χ0n) is 7.27. The Kier molecular flexibility index (Phi) is 2.07. The van der Waals surface area contributed by atoms with Gasteiger partial charge in [-0.15, -0.1) is 0 Å². The van der Waals surface area contributed by atoms with Crippen LogP contribution in [-0.4, -0.2) is 10.2 Å². The lowest BCUT2D eigenvalue weighted by Gasteiger charge is -2.22. The molecule has 0 saturated carbocycles. The van der Waals surface area contributed by atoms with Crippen molar-refractivity contribution in [3.05, 3.63) is 41.7 Å². The average molecular weight is 176 g/mol. The second-order valence-electron chi connectivity index (χ2n) is 3.30. The Morgan fingerprint density at radius 1 is 1.31 bits per heavy atom. The summed E-state index contributed by atoms with van der Waals surface area (Å²) < 4.78 is 0. The molecule has 0 bridgehead atoms. The molecular formula is C11H12O2. The van der Waals surface area contributed by atoms with Gasteiger partial charge in [0.2, 0.25) is 0 Å². The second-order valence-corrected chi connectivity index (χ2v) is 3.30. The normalized spacial score (nSPS) is 24.4. The molecule has 2 N–H and O–H groups in total. The van der Waals surface area contributed by atoms with Crippen molar-refractivity contribution in [2.24, 2.45) is 0 Å². The Labute approximate surface area is 77.1 Å². The summed E-state index contributed by atoms with van der Waals surface area (Å²) in [5.41, 5.74) is 2.82. The van der Waals surface area contributed by atoms with Crippen molar-refractivity contribution in [1.29, 1.82) is 0 Å². The quantitative estimate of drug-likeness (QED) is 0.596. The third-order valence-corrected chi connectivity index (χ3v) is 2.51. The maximum absolute atomic E-state index is 9.67. The fraction of sp³-hybridized carbons (Fsp3) is 0.273. The molecule has 68 valence electrons. The first-order valence-electron chi connectivity index (χ1n) is 4.43. The van der Waals surface area contributed by atoms with Crippen molar-refractivity contribution in [3.63, 3.8) is 0 Å². The summed E-state index contributed by atoms with van der Waals surface area (Å²) >= 11 is 0. The molecule has 1 aromatic rings. The third-order valence-electron chi connectivity index (χ3n) is 2.51. The molecule has 0 heterocycles. The summed E-state index contributed by atoms with van der Waals surface area (Å²) in [6, 6.07) is 7.66. The summed E-state index contributed by atoms with van der Waals surface area (Å²) in [4.78, 5) is 0. The highest BCUT2D eigenvalue weighted by Gasteiger charge is 2.20. The van der Waals surface area contributed by atoms with Gasteiger partial charge in [0.05, 0.1) is 12.4 Å². The fourth-order valence-electron chi connectivity index (χ4n) is 1.80. The van der Waals surface area contributed by atoms with Gasteiger partial charge >= 0.3 is 0 Å². The van der Waals surface area contributed by atoms with E-state index in [2.05, 4.69) is 0 Å². The van der Waals surface area contributed by atoms with Gasteiger partial charge in [0, 0.05) is 0 Å². The van der Waals surface area contributed by atoms with Crippen molar-refractivity contribution in [3.8, 4) is 0 Å². The molecule has 0 fully saturated rings. The topological polar surface area (TPSA) is 40.5 Å². The molecule has 13 heavy (non-hydrogen) atoms. The lowest BCUT2D eigenvalue weighted by atomic mass is 9.86. The molecular weight excluding hydrogens is 164 g/mol. The number of hydrogen-bond donors (Lipinski definition) is 2. The first kappa shape index (κ1) is 8.32. The van der Waals surface area contributed by atoms with E-state index < -0.39 is 0 Å². The van der Waals surface area contributed by atoms with Crippen molar-refractivity contribution in [2.45, 2.75) is 18.9 Å². The monoisotopic (exact) mass is 176 g/mol. The first-order chi connectivity index (χ1) is 6.33. The predicted octanol–water partition coefficient (Wildman–Crippen LogP) is 2.41. The number of aliphatic hydroxyl groups excluding tert-OH is 2. The van der Waals surface area contributed by atoms with Gasteiger partial charge < -0.3 is 10.2 Å². The Morgan fingerprint density at radius 3 is 2.85 bits per heavy atom. The van der Waals surface area contributed by atoms with E-state index in [0.717, 1.165) is 29.4 Å². The SMILES string of the molecule is OC=C1CCC(O)c2ccccc21. The Hall–Kier alpha value is -1.28. The highest BCUT2D eigenvalue weighted by atomic mass is 16.3. The van der Waals surface area contributed by atoms with E-state index in [4.69, 9.17) is 5.11 Å². The molecule has 2 nitrogen and oxygen atoms in total. The van der Waals surface area contributed by atoms with E-state index in [-0.39, 0.29) is 6.10 Å². The van der Waals surface area contributed by atoms with Crippen LogP contribution < -0.4 is 0 Å². The first-order valence-corrected chi connectivity index (χ1v) is 4.43. The Bertz CT molecular complexity index is 342. The number of hydrogen-bond acceptors (Lipinski definition) is 2. The van der Waals surface area contributed by atoms with Crippen LogP contribution in [0.15, 0.2) is 30.5 Å². The second kappa shape index (κ2) is 3.23. The maximum atomic E-state index is 9.67. The predicted molar refractivity (Wildman–Crippen MR) is 51.2 cm³/mol. The summed E-state index contributed by atoms with van der Waals surface area (Å²) in [7, 11) is 0. The minimum Gasteiger partial charge on any atom is -0.515 e. The highest BCUT2D eigenvalue weighted by molar-refractivity contribution is 5.69. The largest absolute Gasteiger partial charge is 0.515 e. The zero-order chi connectivity index (χ0) is 9.26. The number of allylic oxidation sites excluding steroid dienone is 1. The molecule has 0 radical (unpaired) electrons. The fourth-order valence-corrected chi connectivity index (χ4v) is 1.80. The third kappa shape index (κ3) is 1.33. The number of fused-ring (bicyclic) bond motifs is 1. The van der Waals surface area contributed by atoms with Gasteiger partial charge in [-0.05, 0) is 29.5 Å². The van der Waals surface area contributed by atoms with Gasteiger partial charge in [0.1, 0.15) is 0 Å². The summed E-state index contributed by atoms with van der Waals surface area (Å²) in [6.45, 7) is 0. The molecule has 0 saturated heterocycles. The summed E-state index contributed by atoms with van der Waals surface area (Å²) in [6.07, 6.45) is 2.21. The van der Waals surface area contributed by atoms with Crippen LogP contribution in [0, 0.1) is 0 Å². The highest BCUT2D eigenvalue weighted by Crippen LogP contribution is 2.35. The van der Waals surface area contributed by atoms with Crippen LogP contribution >= 0.6 is 0 Å². The van der Waals surface area contributed by atoms with E-state index >= 15 is 0 Å². The van der Waals surface area contributed by atoms with Crippen LogP contribution in [0.25, 0.3) is 5.57 Å². The molecule has 1 atom stereocenters. The number of benzene rings is 1. The van der Waals surface area contributed by atoms with Gasteiger partial charge in [-0.2, -0.15) is 0 Å². The molecule has 0 aromatic heterocycles. The molecule has 2 heteroatoms. The number of rotatable bonds is 0. The summed E-state index contributed by atoms with van der Waals surface area (Å²) in [5, 5.41) is 18.6. The van der Waals surface area contributed by atoms with Gasteiger partial charge in [0.25, 0.3) is 0 Å². The Morgan fingerprint density at radius 2 is 2.08 bits per heavy atom. The van der Waals surface area contributed by atoms with Gasteiger partial charge in [-0.25, -0.2) is 0 Å². The van der Waals surface area contributed by atoms with E-state index in [1.807, 2.05) is 24.3 Å². The van der Waals surface area contributed by atoms with Gasteiger partial charge in [-0.1, -0.05) is 24.3 Å². The lowest BCUT2D eigenvalue weighted by Crippen LogP contribution is -2.07. The van der Waals surface area contributed by atoms with Crippen LogP contribution in [0.3, 0.4) is 0 Å². The van der Waals surface area contributed by atoms with Crippen LogP contribution in [0.5, 0.6) is 0 Å². The maximum Gasteiger partial charge on any atom is 0.0829 e. The molecule has 0 spiro atoms. The molecule has 1 aromatic carbocycles. The van der Waals surface area contributed by atoms with Crippen molar-refractivity contribution in [1.82, 2.24) is 0 Å². The minimum absolute atomic E-state index is 0.375. The van der Waals surface area contributed by atoms with Crippen LogP contribution in [0.1, 0.15) is 30.1 Å². The minimum atomic E-state index is -0.375. The molecule has 2 rings (SSSR count). The van der Waals surface area contributed by atoms with Crippen molar-refractivity contribution >= 4 is 5.57 Å². The molecule has 1 aliphatic rings. The van der Waals surface area contributed by atoms with Gasteiger partial charge in [-0.3, -0.25) is 0 Å². The number of aliphatic hydroxyl groups is 2. The van der Waals surface area contributed by atoms with E-state index in [1.54, 1.807) is 0 Å². The molecule has 0 amide bonds. The molecule has 1 unspecified atom stereocenters. The lowest BCUT2D eigenvalue weighted by molar-refractivity contribution is 0.165. The standard InChI is InChI=1S/C11H12O2/c12-7-8-5-6-11(13)10-4-2-1-3-9(8)10/h1-4,7,11-13H,5-6H2. The van der Waals surface area contributed by atoms with Gasteiger partial charge in [0.15, 0.2) is 0 Å². The van der Waals surface area contributed by atoms with Crippen molar-refractivity contribution < 1.29 is 10.2 Å². The van der Waals surface area contributed by atoms with Crippen LogP contribution in [0.2, 0.25) is 0 Å². The summed E-state index contributed by atoms with van der Waals surface area (Å²) in [5.74, 6) is 0. The van der Waals surface area contributed by atoms with E-state index in [0.29, 0.717) is 6.42 Å². The zero-order valence-corrected chi connectivity index (χ0v) is 7.27. The molecule has 0 aliphatic heterocycles. The average Bonchev–Trinajstić information content (AvgIpc) is 2.19.